The number of aromatic nitrogens is 1. The van der Waals surface area contributed by atoms with E-state index in [1.807, 2.05) is 0 Å². The molecule has 0 unspecified atom stereocenters. The first-order valence-corrected chi connectivity index (χ1v) is 8.72. The quantitative estimate of drug-likeness (QED) is 0.639. The van der Waals surface area contributed by atoms with Crippen molar-refractivity contribution in [3.63, 3.8) is 0 Å². The zero-order valence-electron chi connectivity index (χ0n) is 15.3. The molecule has 0 radical (unpaired) electrons. The fourth-order valence-corrected chi connectivity index (χ4v) is 2.64. The van der Waals surface area contributed by atoms with Crippen molar-refractivity contribution in [2.45, 2.75) is 19.8 Å². The topological polar surface area (TPSA) is 80.6 Å². The summed E-state index contributed by atoms with van der Waals surface area (Å²) in [5.74, 6) is -1.42. The summed E-state index contributed by atoms with van der Waals surface area (Å²) in [6.07, 6.45) is 1.29. The van der Waals surface area contributed by atoms with E-state index < -0.39 is 29.6 Å². The van der Waals surface area contributed by atoms with E-state index in [1.54, 1.807) is 12.1 Å². The van der Waals surface area contributed by atoms with Crippen LogP contribution in [0.2, 0.25) is 0 Å². The second-order valence-electron chi connectivity index (χ2n) is 6.21. The average molecular weight is 400 g/mol. The summed E-state index contributed by atoms with van der Waals surface area (Å²) < 4.78 is 33.5. The number of amides is 1. The Morgan fingerprint density at radius 2 is 1.83 bits per heavy atom. The molecular weight excluding hydrogens is 382 g/mol. The molecule has 2 N–H and O–H groups in total. The van der Waals surface area contributed by atoms with E-state index in [9.17, 15) is 23.5 Å². The van der Waals surface area contributed by atoms with Crippen molar-refractivity contribution in [1.82, 2.24) is 4.57 Å². The number of nitrogens with one attached hydrogen (secondary N) is 1. The Morgan fingerprint density at radius 1 is 1.10 bits per heavy atom. The van der Waals surface area contributed by atoms with Gasteiger partial charge in [-0.3, -0.25) is 9.59 Å². The molecule has 0 fully saturated rings. The number of aliphatic hydroxyl groups is 1. The highest BCUT2D eigenvalue weighted by Crippen LogP contribution is 2.13. The number of hydrogen-bond donors (Lipinski definition) is 2. The van der Waals surface area contributed by atoms with E-state index in [0.29, 0.717) is 5.69 Å². The van der Waals surface area contributed by atoms with Gasteiger partial charge in [0.05, 0.1) is 12.8 Å². The summed E-state index contributed by atoms with van der Waals surface area (Å²) in [5.41, 5.74) is 0.390. The molecule has 0 saturated heterocycles. The second kappa shape index (κ2) is 9.11. The molecule has 0 atom stereocenters. The van der Waals surface area contributed by atoms with Gasteiger partial charge in [-0.05, 0) is 30.3 Å². The number of rotatable bonds is 7. The third kappa shape index (κ3) is 5.26. The Bertz CT molecular complexity index is 1070. The highest BCUT2D eigenvalue weighted by molar-refractivity contribution is 5.90. The Balaban J connectivity index is 1.76. The predicted octanol–water partition coefficient (Wildman–Crippen LogP) is 2.84. The van der Waals surface area contributed by atoms with Crippen LogP contribution in [0, 0.1) is 11.6 Å². The first-order chi connectivity index (χ1) is 14.0. The Kier molecular flexibility index (Phi) is 6.36. The van der Waals surface area contributed by atoms with Gasteiger partial charge < -0.3 is 19.7 Å². The van der Waals surface area contributed by atoms with Crippen molar-refractivity contribution < 1.29 is 23.4 Å². The normalized spacial score (nSPS) is 10.6. The first kappa shape index (κ1) is 20.2. The number of anilines is 1. The van der Waals surface area contributed by atoms with Gasteiger partial charge in [-0.15, -0.1) is 0 Å². The van der Waals surface area contributed by atoms with E-state index in [0.717, 1.165) is 6.07 Å². The molecule has 0 bridgehead atoms. The SMILES string of the molecule is O=C(Cn1cc(OCc2ccccc2F)c(=O)cc1CO)Nc1ccc(F)cc1. The van der Waals surface area contributed by atoms with Crippen molar-refractivity contribution in [2.75, 3.05) is 5.32 Å². The van der Waals surface area contributed by atoms with E-state index in [1.165, 1.54) is 47.2 Å². The van der Waals surface area contributed by atoms with Gasteiger partial charge >= 0.3 is 0 Å². The number of hydrogen-bond acceptors (Lipinski definition) is 4. The standard InChI is InChI=1S/C21H18F2N2O4/c22-15-5-7-16(8-6-15)24-21(28)11-25-10-20(19(27)9-17(25)12-26)29-13-14-3-1-2-4-18(14)23/h1-10,26H,11-13H2,(H,24,28). The van der Waals surface area contributed by atoms with Gasteiger partial charge in [-0.2, -0.15) is 0 Å². The fraction of sp³-hybridized carbons (Fsp3) is 0.143. The molecule has 0 aliphatic carbocycles. The van der Waals surface area contributed by atoms with Gasteiger partial charge in [0.1, 0.15) is 24.8 Å². The van der Waals surface area contributed by atoms with E-state index in [4.69, 9.17) is 4.74 Å². The first-order valence-electron chi connectivity index (χ1n) is 8.72. The van der Waals surface area contributed by atoms with Crippen molar-refractivity contribution in [3.8, 4) is 5.75 Å². The number of carbonyl (C=O) groups is 1. The van der Waals surface area contributed by atoms with Crippen LogP contribution >= 0.6 is 0 Å². The zero-order chi connectivity index (χ0) is 20.8. The van der Waals surface area contributed by atoms with Gasteiger partial charge in [0, 0.05) is 23.0 Å². The molecule has 1 heterocycles. The van der Waals surface area contributed by atoms with Crippen molar-refractivity contribution in [2.24, 2.45) is 0 Å². The molecule has 0 spiro atoms. The summed E-state index contributed by atoms with van der Waals surface area (Å²) in [6, 6.07) is 12.4. The van der Waals surface area contributed by atoms with Crippen LogP contribution in [-0.2, 0) is 24.6 Å². The lowest BCUT2D eigenvalue weighted by atomic mass is 10.2. The van der Waals surface area contributed by atoms with Crippen LogP contribution in [0.25, 0.3) is 0 Å². The molecule has 0 saturated carbocycles. The number of nitrogens with zero attached hydrogens (tertiary/aromatic N) is 1. The maximum Gasteiger partial charge on any atom is 0.244 e. The van der Waals surface area contributed by atoms with Crippen LogP contribution in [-0.4, -0.2) is 15.6 Å². The Labute approximate surface area is 165 Å². The fourth-order valence-electron chi connectivity index (χ4n) is 2.64. The van der Waals surface area contributed by atoms with Crippen molar-refractivity contribution in [1.29, 1.82) is 0 Å². The molecule has 0 aliphatic heterocycles. The minimum atomic E-state index is -0.499. The van der Waals surface area contributed by atoms with Crippen LogP contribution in [0.15, 0.2) is 65.6 Å². The summed E-state index contributed by atoms with van der Waals surface area (Å²) in [5, 5.41) is 12.1. The van der Waals surface area contributed by atoms with Gasteiger partial charge in [-0.25, -0.2) is 8.78 Å². The maximum atomic E-state index is 13.7. The number of benzene rings is 2. The number of aliphatic hydroxyl groups excluding tert-OH is 1. The number of ether oxygens (including phenoxy) is 1. The summed E-state index contributed by atoms with van der Waals surface area (Å²) in [6.45, 7) is -0.849. The van der Waals surface area contributed by atoms with Crippen LogP contribution in [0.3, 0.4) is 0 Å². The average Bonchev–Trinajstić information content (AvgIpc) is 2.70. The van der Waals surface area contributed by atoms with Crippen molar-refractivity contribution in [3.05, 3.63) is 93.9 Å². The monoisotopic (exact) mass is 400 g/mol. The molecule has 3 aromatic rings. The molecule has 29 heavy (non-hydrogen) atoms. The predicted molar refractivity (Wildman–Crippen MR) is 102 cm³/mol. The summed E-state index contributed by atoms with van der Waals surface area (Å²) >= 11 is 0. The minimum absolute atomic E-state index is 0.0833. The second-order valence-corrected chi connectivity index (χ2v) is 6.21. The molecule has 1 amide bonds. The molecule has 8 heteroatoms. The van der Waals surface area contributed by atoms with Crippen LogP contribution < -0.4 is 15.5 Å². The highest BCUT2D eigenvalue weighted by atomic mass is 19.1. The third-order valence-electron chi connectivity index (χ3n) is 4.13. The Morgan fingerprint density at radius 3 is 2.52 bits per heavy atom. The van der Waals surface area contributed by atoms with E-state index >= 15 is 0 Å². The lowest BCUT2D eigenvalue weighted by Gasteiger charge is -2.14. The third-order valence-corrected chi connectivity index (χ3v) is 4.13. The van der Waals surface area contributed by atoms with Gasteiger partial charge in [0.25, 0.3) is 0 Å². The Hall–Kier alpha value is -3.52. The number of halogens is 2. The molecule has 1 aromatic heterocycles. The van der Waals surface area contributed by atoms with E-state index in [2.05, 4.69) is 5.32 Å². The number of carbonyl (C=O) groups excluding carboxylic acids is 1. The molecule has 3 rings (SSSR count). The summed E-state index contributed by atoms with van der Waals surface area (Å²) in [7, 11) is 0. The van der Waals surface area contributed by atoms with Gasteiger partial charge in [0.2, 0.25) is 11.3 Å². The smallest absolute Gasteiger partial charge is 0.244 e. The van der Waals surface area contributed by atoms with Crippen LogP contribution in [0.1, 0.15) is 11.3 Å². The van der Waals surface area contributed by atoms with Gasteiger partial charge in [-0.1, -0.05) is 18.2 Å². The molecular formula is C21H18F2N2O4. The van der Waals surface area contributed by atoms with Gasteiger partial charge in [0.15, 0.2) is 5.75 Å². The summed E-state index contributed by atoms with van der Waals surface area (Å²) in [4.78, 5) is 24.5. The lowest BCUT2D eigenvalue weighted by molar-refractivity contribution is -0.116. The van der Waals surface area contributed by atoms with Crippen molar-refractivity contribution >= 4 is 11.6 Å². The lowest BCUT2D eigenvalue weighted by Crippen LogP contribution is -2.23. The maximum absolute atomic E-state index is 13.7. The molecule has 0 aliphatic rings. The number of pyridine rings is 1. The molecule has 150 valence electrons. The van der Waals surface area contributed by atoms with Crippen LogP contribution in [0.5, 0.6) is 5.75 Å². The molecule has 6 nitrogen and oxygen atoms in total. The van der Waals surface area contributed by atoms with E-state index in [-0.39, 0.29) is 30.2 Å². The highest BCUT2D eigenvalue weighted by Gasteiger charge is 2.12. The largest absolute Gasteiger partial charge is 0.483 e. The minimum Gasteiger partial charge on any atom is -0.483 e. The zero-order valence-corrected chi connectivity index (χ0v) is 15.3. The molecule has 2 aromatic carbocycles. The van der Waals surface area contributed by atoms with Crippen LogP contribution in [0.4, 0.5) is 14.5 Å².